The standard InChI is InChI=1S/C16H23N3O3.ClH/c1-11(2)9-18-15(20)12-5-3-4-6-13(12)19-16(21)14-10-17-7-8-22-14;/h3-6,11,14,17H,7-10H2,1-2H3,(H,18,20)(H,19,21);1H. The molecule has 1 saturated heterocycles. The molecule has 1 heterocycles. The zero-order chi connectivity index (χ0) is 15.9. The lowest BCUT2D eigenvalue weighted by atomic mass is 10.1. The second-order valence-corrected chi connectivity index (χ2v) is 5.70. The van der Waals surface area contributed by atoms with Gasteiger partial charge in [0.1, 0.15) is 6.10 Å². The van der Waals surface area contributed by atoms with E-state index in [1.54, 1.807) is 24.3 Å². The summed E-state index contributed by atoms with van der Waals surface area (Å²) in [4.78, 5) is 24.4. The lowest BCUT2D eigenvalue weighted by Gasteiger charge is -2.23. The van der Waals surface area contributed by atoms with Crippen LogP contribution in [0.5, 0.6) is 0 Å². The summed E-state index contributed by atoms with van der Waals surface area (Å²) in [5.41, 5.74) is 0.961. The van der Waals surface area contributed by atoms with Gasteiger partial charge in [-0.15, -0.1) is 12.4 Å². The van der Waals surface area contributed by atoms with E-state index in [9.17, 15) is 9.59 Å². The number of para-hydroxylation sites is 1. The lowest BCUT2D eigenvalue weighted by molar-refractivity contribution is -0.128. The third-order valence-corrected chi connectivity index (χ3v) is 3.32. The molecular weight excluding hydrogens is 318 g/mol. The molecule has 1 unspecified atom stereocenters. The van der Waals surface area contributed by atoms with E-state index < -0.39 is 6.10 Å². The minimum absolute atomic E-state index is 0. The first kappa shape index (κ1) is 19.4. The number of carbonyl (C=O) groups is 2. The fourth-order valence-electron chi connectivity index (χ4n) is 2.13. The Morgan fingerprint density at radius 3 is 2.74 bits per heavy atom. The van der Waals surface area contributed by atoms with Gasteiger partial charge in [-0.1, -0.05) is 26.0 Å². The number of morpholine rings is 1. The van der Waals surface area contributed by atoms with E-state index in [2.05, 4.69) is 16.0 Å². The van der Waals surface area contributed by atoms with Crippen molar-refractivity contribution in [3.05, 3.63) is 29.8 Å². The van der Waals surface area contributed by atoms with Crippen LogP contribution in [0.4, 0.5) is 5.69 Å². The molecule has 128 valence electrons. The fraction of sp³-hybridized carbons (Fsp3) is 0.500. The average Bonchev–Trinajstić information content (AvgIpc) is 2.54. The molecule has 1 fully saturated rings. The molecule has 1 atom stereocenters. The van der Waals surface area contributed by atoms with Crippen molar-refractivity contribution in [1.29, 1.82) is 0 Å². The van der Waals surface area contributed by atoms with Crippen LogP contribution in [-0.2, 0) is 9.53 Å². The summed E-state index contributed by atoms with van der Waals surface area (Å²) in [7, 11) is 0. The number of rotatable bonds is 5. The molecule has 0 aromatic heterocycles. The zero-order valence-electron chi connectivity index (χ0n) is 13.4. The Labute approximate surface area is 142 Å². The first-order valence-electron chi connectivity index (χ1n) is 7.58. The molecule has 1 aromatic carbocycles. The zero-order valence-corrected chi connectivity index (χ0v) is 14.2. The van der Waals surface area contributed by atoms with Crippen molar-refractivity contribution in [3.8, 4) is 0 Å². The van der Waals surface area contributed by atoms with Crippen molar-refractivity contribution < 1.29 is 14.3 Å². The number of nitrogens with one attached hydrogen (secondary N) is 3. The number of carbonyl (C=O) groups excluding carboxylic acids is 2. The first-order valence-corrected chi connectivity index (χ1v) is 7.58. The minimum Gasteiger partial charge on any atom is -0.366 e. The topological polar surface area (TPSA) is 79.5 Å². The van der Waals surface area contributed by atoms with Gasteiger partial charge in [-0.2, -0.15) is 0 Å². The predicted octanol–water partition coefficient (Wildman–Crippen LogP) is 1.42. The fourth-order valence-corrected chi connectivity index (χ4v) is 2.13. The highest BCUT2D eigenvalue weighted by Gasteiger charge is 2.23. The molecule has 0 radical (unpaired) electrons. The van der Waals surface area contributed by atoms with Crippen LogP contribution in [0.3, 0.4) is 0 Å². The molecule has 7 heteroatoms. The third-order valence-electron chi connectivity index (χ3n) is 3.32. The highest BCUT2D eigenvalue weighted by molar-refractivity contribution is 6.04. The summed E-state index contributed by atoms with van der Waals surface area (Å²) in [5, 5.41) is 8.75. The highest BCUT2D eigenvalue weighted by atomic mass is 35.5. The summed E-state index contributed by atoms with van der Waals surface area (Å²) in [6.45, 7) is 6.39. The number of hydrogen-bond donors (Lipinski definition) is 3. The molecule has 0 spiro atoms. The molecule has 0 saturated carbocycles. The molecule has 23 heavy (non-hydrogen) atoms. The maximum Gasteiger partial charge on any atom is 0.254 e. The number of anilines is 1. The number of benzene rings is 1. The second kappa shape index (κ2) is 9.50. The van der Waals surface area contributed by atoms with Gasteiger partial charge in [-0.3, -0.25) is 9.59 Å². The Morgan fingerprint density at radius 2 is 2.09 bits per heavy atom. The predicted molar refractivity (Wildman–Crippen MR) is 92.1 cm³/mol. The van der Waals surface area contributed by atoms with E-state index in [0.29, 0.717) is 36.9 Å². The minimum atomic E-state index is -0.527. The van der Waals surface area contributed by atoms with Crippen LogP contribution in [0.25, 0.3) is 0 Å². The molecule has 1 aromatic rings. The van der Waals surface area contributed by atoms with Gasteiger partial charge < -0.3 is 20.7 Å². The Bertz CT molecular complexity index is 531. The molecule has 0 bridgehead atoms. The Hall–Kier alpha value is -1.63. The molecule has 3 N–H and O–H groups in total. The molecule has 1 aliphatic heterocycles. The van der Waals surface area contributed by atoms with Gasteiger partial charge in [-0.05, 0) is 18.1 Å². The number of ether oxygens (including phenoxy) is 1. The largest absolute Gasteiger partial charge is 0.366 e. The summed E-state index contributed by atoms with van der Waals surface area (Å²) >= 11 is 0. The van der Waals surface area contributed by atoms with Crippen LogP contribution in [0.15, 0.2) is 24.3 Å². The van der Waals surface area contributed by atoms with Crippen LogP contribution in [-0.4, -0.2) is 44.2 Å². The van der Waals surface area contributed by atoms with Gasteiger partial charge >= 0.3 is 0 Å². The summed E-state index contributed by atoms with van der Waals surface area (Å²) < 4.78 is 5.42. The van der Waals surface area contributed by atoms with Crippen LogP contribution < -0.4 is 16.0 Å². The average molecular weight is 342 g/mol. The van der Waals surface area contributed by atoms with Crippen molar-refractivity contribution >= 4 is 29.9 Å². The second-order valence-electron chi connectivity index (χ2n) is 5.70. The number of hydrogen-bond acceptors (Lipinski definition) is 4. The van der Waals surface area contributed by atoms with E-state index in [4.69, 9.17) is 4.74 Å². The Balaban J connectivity index is 0.00000264. The van der Waals surface area contributed by atoms with E-state index >= 15 is 0 Å². The molecule has 2 amide bonds. The third kappa shape index (κ3) is 5.82. The smallest absolute Gasteiger partial charge is 0.254 e. The normalized spacial score (nSPS) is 17.3. The van der Waals surface area contributed by atoms with Crippen molar-refractivity contribution in [1.82, 2.24) is 10.6 Å². The van der Waals surface area contributed by atoms with E-state index in [0.717, 1.165) is 6.54 Å². The SMILES string of the molecule is CC(C)CNC(=O)c1ccccc1NC(=O)C1CNCCO1.Cl. The van der Waals surface area contributed by atoms with Gasteiger partial charge in [0.25, 0.3) is 11.8 Å². The summed E-state index contributed by atoms with van der Waals surface area (Å²) in [6, 6.07) is 6.98. The van der Waals surface area contributed by atoms with Crippen LogP contribution in [0, 0.1) is 5.92 Å². The van der Waals surface area contributed by atoms with Gasteiger partial charge in [0.15, 0.2) is 0 Å². The van der Waals surface area contributed by atoms with E-state index in [-0.39, 0.29) is 24.2 Å². The van der Waals surface area contributed by atoms with E-state index in [1.165, 1.54) is 0 Å². The van der Waals surface area contributed by atoms with Gasteiger partial charge in [0.05, 0.1) is 17.9 Å². The lowest BCUT2D eigenvalue weighted by Crippen LogP contribution is -2.45. The molecular formula is C16H24ClN3O3. The first-order chi connectivity index (χ1) is 10.6. The van der Waals surface area contributed by atoms with Gasteiger partial charge in [0.2, 0.25) is 0 Å². The summed E-state index contributed by atoms with van der Waals surface area (Å²) in [6.07, 6.45) is -0.527. The Morgan fingerprint density at radius 1 is 1.35 bits per heavy atom. The van der Waals surface area contributed by atoms with Crippen molar-refractivity contribution in [2.45, 2.75) is 20.0 Å². The van der Waals surface area contributed by atoms with Crippen LogP contribution in [0.1, 0.15) is 24.2 Å². The number of amides is 2. The molecule has 1 aliphatic rings. The molecule has 6 nitrogen and oxygen atoms in total. The van der Waals surface area contributed by atoms with Crippen molar-refractivity contribution in [2.24, 2.45) is 5.92 Å². The van der Waals surface area contributed by atoms with Gasteiger partial charge in [-0.25, -0.2) is 0 Å². The van der Waals surface area contributed by atoms with Crippen LogP contribution >= 0.6 is 12.4 Å². The van der Waals surface area contributed by atoms with Crippen molar-refractivity contribution in [2.75, 3.05) is 31.6 Å². The van der Waals surface area contributed by atoms with Crippen LogP contribution in [0.2, 0.25) is 0 Å². The maximum atomic E-state index is 12.2. The summed E-state index contributed by atoms with van der Waals surface area (Å²) in [5.74, 6) is -0.0592. The molecule has 0 aliphatic carbocycles. The maximum absolute atomic E-state index is 12.2. The van der Waals surface area contributed by atoms with Crippen molar-refractivity contribution in [3.63, 3.8) is 0 Å². The number of halogens is 1. The molecule has 2 rings (SSSR count). The van der Waals surface area contributed by atoms with Gasteiger partial charge in [0, 0.05) is 19.6 Å². The monoisotopic (exact) mass is 341 g/mol. The quantitative estimate of drug-likeness (QED) is 0.756. The van der Waals surface area contributed by atoms with E-state index in [1.807, 2.05) is 13.8 Å². The highest BCUT2D eigenvalue weighted by Crippen LogP contribution is 2.16. The Kier molecular flexibility index (Phi) is 8.02.